The van der Waals surface area contributed by atoms with Crippen molar-refractivity contribution < 1.29 is 22.3 Å². The van der Waals surface area contributed by atoms with E-state index < -0.39 is 17.6 Å². The summed E-state index contributed by atoms with van der Waals surface area (Å²) in [4.78, 5) is 0. The molecule has 0 saturated heterocycles. The van der Waals surface area contributed by atoms with Crippen molar-refractivity contribution in [3.8, 4) is 5.75 Å². The lowest BCUT2D eigenvalue weighted by molar-refractivity contribution is -0.140. The van der Waals surface area contributed by atoms with Crippen LogP contribution in [0.2, 0.25) is 0 Å². The van der Waals surface area contributed by atoms with E-state index in [1.165, 1.54) is 0 Å². The Balaban J connectivity index is 2.89. The van der Waals surface area contributed by atoms with Crippen LogP contribution < -0.4 is 10.5 Å². The molecule has 0 unspecified atom stereocenters. The molecular weight excluding hydrogens is 214 g/mol. The fraction of sp³-hybridized carbons (Fsp3) is 0.333. The summed E-state index contributed by atoms with van der Waals surface area (Å²) in [5, 5.41) is 0. The standard InChI is InChI=1S/C9H9F4NO/c10-8-5-6(15-4-3-14)1-2-7(8)9(11,12)13/h1-2,5H,3-4,14H2. The Morgan fingerprint density at radius 3 is 2.40 bits per heavy atom. The third kappa shape index (κ3) is 3.09. The van der Waals surface area contributed by atoms with Crippen molar-refractivity contribution in [2.45, 2.75) is 6.18 Å². The van der Waals surface area contributed by atoms with Gasteiger partial charge in [0, 0.05) is 12.6 Å². The number of hydrogen-bond donors (Lipinski definition) is 1. The van der Waals surface area contributed by atoms with Crippen molar-refractivity contribution in [2.75, 3.05) is 13.2 Å². The molecule has 0 fully saturated rings. The summed E-state index contributed by atoms with van der Waals surface area (Å²) in [6.45, 7) is 0.341. The summed E-state index contributed by atoms with van der Waals surface area (Å²) in [5.74, 6) is -1.32. The van der Waals surface area contributed by atoms with Gasteiger partial charge in [-0.25, -0.2) is 4.39 Å². The van der Waals surface area contributed by atoms with Crippen LogP contribution in [-0.4, -0.2) is 13.2 Å². The van der Waals surface area contributed by atoms with Crippen molar-refractivity contribution in [1.29, 1.82) is 0 Å². The predicted molar refractivity (Wildman–Crippen MR) is 46.0 cm³/mol. The minimum Gasteiger partial charge on any atom is -0.492 e. The maximum atomic E-state index is 12.9. The van der Waals surface area contributed by atoms with E-state index >= 15 is 0 Å². The Kier molecular flexibility index (Phi) is 3.52. The molecule has 0 bridgehead atoms. The second kappa shape index (κ2) is 4.48. The minimum atomic E-state index is -4.68. The number of alkyl halides is 3. The van der Waals surface area contributed by atoms with Crippen molar-refractivity contribution in [1.82, 2.24) is 0 Å². The second-order valence-corrected chi connectivity index (χ2v) is 2.78. The Morgan fingerprint density at radius 2 is 1.93 bits per heavy atom. The molecule has 2 N–H and O–H groups in total. The lowest BCUT2D eigenvalue weighted by Gasteiger charge is -2.09. The first-order valence-corrected chi connectivity index (χ1v) is 4.15. The SMILES string of the molecule is NCCOc1ccc(C(F)(F)F)c(F)c1. The molecule has 0 aliphatic carbocycles. The topological polar surface area (TPSA) is 35.2 Å². The summed E-state index contributed by atoms with van der Waals surface area (Å²) in [7, 11) is 0. The third-order valence-electron chi connectivity index (χ3n) is 1.63. The van der Waals surface area contributed by atoms with E-state index in [0.717, 1.165) is 6.07 Å². The van der Waals surface area contributed by atoms with Crippen LogP contribution >= 0.6 is 0 Å². The number of rotatable bonds is 3. The zero-order chi connectivity index (χ0) is 11.5. The molecule has 0 amide bonds. The smallest absolute Gasteiger partial charge is 0.419 e. The lowest BCUT2D eigenvalue weighted by Crippen LogP contribution is -2.12. The molecule has 84 valence electrons. The molecule has 1 aromatic carbocycles. The van der Waals surface area contributed by atoms with Crippen LogP contribution in [0.4, 0.5) is 17.6 Å². The van der Waals surface area contributed by atoms with E-state index in [1.807, 2.05) is 0 Å². The van der Waals surface area contributed by atoms with Gasteiger partial charge in [0.1, 0.15) is 18.2 Å². The molecule has 15 heavy (non-hydrogen) atoms. The van der Waals surface area contributed by atoms with Crippen LogP contribution in [0.1, 0.15) is 5.56 Å². The molecule has 6 heteroatoms. The van der Waals surface area contributed by atoms with Gasteiger partial charge in [-0.1, -0.05) is 0 Å². The highest BCUT2D eigenvalue weighted by Crippen LogP contribution is 2.32. The molecule has 0 saturated carbocycles. The lowest BCUT2D eigenvalue weighted by atomic mass is 10.2. The van der Waals surface area contributed by atoms with Gasteiger partial charge in [0.05, 0.1) is 5.56 Å². The minimum absolute atomic E-state index is 0.0333. The fourth-order valence-corrected chi connectivity index (χ4v) is 0.992. The van der Waals surface area contributed by atoms with Gasteiger partial charge < -0.3 is 10.5 Å². The van der Waals surface area contributed by atoms with Crippen LogP contribution in [0.3, 0.4) is 0 Å². The highest BCUT2D eigenvalue weighted by atomic mass is 19.4. The highest BCUT2D eigenvalue weighted by molar-refractivity contribution is 5.30. The zero-order valence-electron chi connectivity index (χ0n) is 7.64. The second-order valence-electron chi connectivity index (χ2n) is 2.78. The van der Waals surface area contributed by atoms with Crippen molar-refractivity contribution in [3.05, 3.63) is 29.6 Å². The maximum Gasteiger partial charge on any atom is 0.419 e. The maximum absolute atomic E-state index is 12.9. The molecule has 1 aromatic rings. The summed E-state index contributed by atoms with van der Waals surface area (Å²) < 4.78 is 54.2. The Hall–Kier alpha value is -1.30. The number of halogens is 4. The van der Waals surface area contributed by atoms with Crippen LogP contribution in [0.5, 0.6) is 5.75 Å². The first kappa shape index (κ1) is 11.8. The average Bonchev–Trinajstić information content (AvgIpc) is 2.12. The molecule has 0 aromatic heterocycles. The van der Waals surface area contributed by atoms with Crippen LogP contribution in [0.15, 0.2) is 18.2 Å². The van der Waals surface area contributed by atoms with Crippen molar-refractivity contribution >= 4 is 0 Å². The van der Waals surface area contributed by atoms with Crippen molar-refractivity contribution in [2.24, 2.45) is 5.73 Å². The van der Waals surface area contributed by atoms with Gasteiger partial charge in [-0.3, -0.25) is 0 Å². The van der Waals surface area contributed by atoms with Crippen molar-refractivity contribution in [3.63, 3.8) is 0 Å². The van der Waals surface area contributed by atoms with E-state index in [1.54, 1.807) is 0 Å². The molecule has 0 heterocycles. The molecule has 0 aliphatic rings. The van der Waals surface area contributed by atoms with E-state index in [2.05, 4.69) is 0 Å². The zero-order valence-corrected chi connectivity index (χ0v) is 7.64. The van der Waals surface area contributed by atoms with E-state index in [9.17, 15) is 17.6 Å². The molecule has 0 spiro atoms. The number of ether oxygens (including phenoxy) is 1. The molecule has 2 nitrogen and oxygen atoms in total. The summed E-state index contributed by atoms with van der Waals surface area (Å²) in [6, 6.07) is 2.39. The quantitative estimate of drug-likeness (QED) is 0.797. The third-order valence-corrected chi connectivity index (χ3v) is 1.63. The van der Waals surface area contributed by atoms with E-state index in [4.69, 9.17) is 10.5 Å². The van der Waals surface area contributed by atoms with Gasteiger partial charge in [-0.2, -0.15) is 13.2 Å². The molecule has 0 radical (unpaired) electrons. The highest BCUT2D eigenvalue weighted by Gasteiger charge is 2.33. The normalized spacial score (nSPS) is 11.5. The monoisotopic (exact) mass is 223 g/mol. The summed E-state index contributed by atoms with van der Waals surface area (Å²) in [5.41, 5.74) is 3.81. The van der Waals surface area contributed by atoms with Crippen LogP contribution in [-0.2, 0) is 6.18 Å². The first-order valence-electron chi connectivity index (χ1n) is 4.15. The first-order chi connectivity index (χ1) is 6.95. The largest absolute Gasteiger partial charge is 0.492 e. The number of nitrogens with two attached hydrogens (primary N) is 1. The number of benzene rings is 1. The Morgan fingerprint density at radius 1 is 1.27 bits per heavy atom. The molecule has 0 atom stereocenters. The summed E-state index contributed by atoms with van der Waals surface area (Å²) >= 11 is 0. The molecule has 1 rings (SSSR count). The summed E-state index contributed by atoms with van der Waals surface area (Å²) in [6.07, 6.45) is -4.68. The van der Waals surface area contributed by atoms with Crippen LogP contribution in [0.25, 0.3) is 0 Å². The van der Waals surface area contributed by atoms with E-state index in [0.29, 0.717) is 12.1 Å². The average molecular weight is 223 g/mol. The van der Waals surface area contributed by atoms with Gasteiger partial charge in [-0.05, 0) is 12.1 Å². The van der Waals surface area contributed by atoms with E-state index in [-0.39, 0.29) is 18.9 Å². The van der Waals surface area contributed by atoms with Gasteiger partial charge in [-0.15, -0.1) is 0 Å². The van der Waals surface area contributed by atoms with Gasteiger partial charge >= 0.3 is 6.18 Å². The van der Waals surface area contributed by atoms with Gasteiger partial charge in [0.2, 0.25) is 0 Å². The number of hydrogen-bond acceptors (Lipinski definition) is 2. The molecule has 0 aliphatic heterocycles. The fourth-order valence-electron chi connectivity index (χ4n) is 0.992. The van der Waals surface area contributed by atoms with Gasteiger partial charge in [0.25, 0.3) is 0 Å². The molecular formula is C9H9F4NO. The van der Waals surface area contributed by atoms with Crippen LogP contribution in [0, 0.1) is 5.82 Å². The Labute approximate surface area is 83.6 Å². The Bertz CT molecular complexity index is 337. The van der Waals surface area contributed by atoms with Gasteiger partial charge in [0.15, 0.2) is 0 Å². The predicted octanol–water partition coefficient (Wildman–Crippen LogP) is 2.18.